The minimum Gasteiger partial charge on any atom is -0.382 e. The first-order valence-corrected chi connectivity index (χ1v) is 11.7. The first-order chi connectivity index (χ1) is 15.2. The Morgan fingerprint density at radius 2 is 1.97 bits per heavy atom. The van der Waals surface area contributed by atoms with Crippen molar-refractivity contribution in [3.8, 4) is 28.7 Å². The molecule has 3 saturated carbocycles. The summed E-state index contributed by atoms with van der Waals surface area (Å²) in [4.78, 5) is 17.1. The van der Waals surface area contributed by atoms with Crippen molar-refractivity contribution in [1.82, 2.24) is 24.7 Å². The molecule has 0 radical (unpaired) electrons. The van der Waals surface area contributed by atoms with Crippen LogP contribution >= 0.6 is 0 Å². The number of nitrogens with two attached hydrogens (primary N) is 1. The van der Waals surface area contributed by atoms with E-state index in [0.29, 0.717) is 41.9 Å². The van der Waals surface area contributed by atoms with Crippen LogP contribution in [0.3, 0.4) is 0 Å². The number of sulfonamides is 1. The van der Waals surface area contributed by atoms with Gasteiger partial charge in [0.2, 0.25) is 10.0 Å². The van der Waals surface area contributed by atoms with Crippen molar-refractivity contribution in [3.05, 3.63) is 48.5 Å². The summed E-state index contributed by atoms with van der Waals surface area (Å²) in [6.07, 6.45) is 7.07. The van der Waals surface area contributed by atoms with Crippen LogP contribution < -0.4 is 10.5 Å². The molecule has 32 heavy (non-hydrogen) atoms. The van der Waals surface area contributed by atoms with Crippen molar-refractivity contribution in [2.75, 3.05) is 5.73 Å². The fourth-order valence-electron chi connectivity index (χ4n) is 4.87. The van der Waals surface area contributed by atoms with Gasteiger partial charge in [0.05, 0.1) is 34.0 Å². The van der Waals surface area contributed by atoms with E-state index in [0.717, 1.165) is 12.0 Å². The Kier molecular flexibility index (Phi) is 4.51. The SMILES string of the molecule is Cc1ccc(S(=O)(=O)NC23CCC(C#N)(C2)C3)cc1-c1cnc(N)c(-c2ccncn2)n1. The molecule has 2 aromatic heterocycles. The number of hydrogen-bond donors (Lipinski definition) is 2. The zero-order chi connectivity index (χ0) is 22.6. The van der Waals surface area contributed by atoms with Crippen LogP contribution in [0.4, 0.5) is 5.82 Å². The second kappa shape index (κ2) is 7.05. The van der Waals surface area contributed by atoms with Crippen LogP contribution in [-0.4, -0.2) is 33.9 Å². The molecule has 0 amide bonds. The van der Waals surface area contributed by atoms with Gasteiger partial charge in [-0.3, -0.25) is 0 Å². The van der Waals surface area contributed by atoms with Gasteiger partial charge in [-0.15, -0.1) is 0 Å². The van der Waals surface area contributed by atoms with Crippen molar-refractivity contribution in [3.63, 3.8) is 0 Å². The molecule has 0 atom stereocenters. The molecule has 3 fully saturated rings. The minimum atomic E-state index is -3.77. The van der Waals surface area contributed by atoms with Gasteiger partial charge < -0.3 is 5.73 Å². The third kappa shape index (κ3) is 3.30. The predicted octanol–water partition coefficient (Wildman–Crippen LogP) is 2.61. The van der Waals surface area contributed by atoms with Gasteiger partial charge in [0.15, 0.2) is 5.82 Å². The van der Waals surface area contributed by atoms with E-state index >= 15 is 0 Å². The zero-order valence-corrected chi connectivity index (χ0v) is 18.2. The molecule has 0 spiro atoms. The van der Waals surface area contributed by atoms with Gasteiger partial charge >= 0.3 is 0 Å². The number of nitrogen functional groups attached to an aromatic ring is 1. The van der Waals surface area contributed by atoms with E-state index in [1.165, 1.54) is 12.5 Å². The molecule has 0 unspecified atom stereocenters. The highest BCUT2D eigenvalue weighted by molar-refractivity contribution is 7.89. The van der Waals surface area contributed by atoms with E-state index < -0.39 is 15.6 Å². The molecule has 10 heteroatoms. The van der Waals surface area contributed by atoms with Gasteiger partial charge in [-0.25, -0.2) is 33.1 Å². The number of fused-ring (bicyclic) bond motifs is 1. The summed E-state index contributed by atoms with van der Waals surface area (Å²) < 4.78 is 29.2. The normalized spacial score (nSPS) is 24.0. The number of nitrogens with zero attached hydrogens (tertiary/aromatic N) is 5. The van der Waals surface area contributed by atoms with Crippen LogP contribution in [0.25, 0.3) is 22.6 Å². The lowest BCUT2D eigenvalue weighted by atomic mass is 9.66. The topological polar surface area (TPSA) is 148 Å². The number of aryl methyl sites for hydroxylation is 1. The van der Waals surface area contributed by atoms with E-state index in [4.69, 9.17) is 5.73 Å². The largest absolute Gasteiger partial charge is 0.382 e. The number of benzene rings is 1. The minimum absolute atomic E-state index is 0.149. The van der Waals surface area contributed by atoms with Gasteiger partial charge in [0, 0.05) is 17.3 Å². The molecule has 0 saturated heterocycles. The molecule has 3 aromatic rings. The lowest BCUT2D eigenvalue weighted by molar-refractivity contribution is 0.161. The molecule has 162 valence electrons. The highest BCUT2D eigenvalue weighted by Gasteiger charge is 2.62. The van der Waals surface area contributed by atoms with E-state index in [1.807, 2.05) is 6.92 Å². The lowest BCUT2D eigenvalue weighted by Crippen LogP contribution is -2.55. The molecule has 1 aromatic carbocycles. The van der Waals surface area contributed by atoms with Crippen LogP contribution in [0.15, 0.2) is 47.9 Å². The molecule has 3 aliphatic rings. The van der Waals surface area contributed by atoms with Crippen molar-refractivity contribution < 1.29 is 8.42 Å². The Hall–Kier alpha value is -3.42. The molecule has 2 heterocycles. The smallest absolute Gasteiger partial charge is 0.241 e. The average molecular weight is 448 g/mol. The Morgan fingerprint density at radius 1 is 1.16 bits per heavy atom. The first-order valence-electron chi connectivity index (χ1n) is 10.2. The van der Waals surface area contributed by atoms with Gasteiger partial charge in [0.1, 0.15) is 12.0 Å². The molecule has 9 nitrogen and oxygen atoms in total. The maximum Gasteiger partial charge on any atom is 0.241 e. The average Bonchev–Trinajstić information content (AvgIpc) is 3.30. The standard InChI is InChI=1S/C22H21N7O2S/c1-14-2-3-15(32(30,31)29-22-6-5-21(10-22,11-22)12-23)8-16(14)18-9-26-20(24)19(28-18)17-4-7-25-13-27-17/h2-4,7-9,13,29H,5-6,10-11H2,1H3,(H2,24,26). The second-order valence-corrected chi connectivity index (χ2v) is 10.4. The Labute approximate surface area is 185 Å². The molecular formula is C22H21N7O2S. The molecule has 2 bridgehead atoms. The zero-order valence-electron chi connectivity index (χ0n) is 17.4. The number of nitriles is 1. The maximum atomic E-state index is 13.2. The molecular weight excluding hydrogens is 426 g/mol. The van der Waals surface area contributed by atoms with Crippen LogP contribution in [0.2, 0.25) is 0 Å². The summed E-state index contributed by atoms with van der Waals surface area (Å²) in [6, 6.07) is 8.96. The van der Waals surface area contributed by atoms with Crippen molar-refractivity contribution >= 4 is 15.8 Å². The van der Waals surface area contributed by atoms with E-state index in [9.17, 15) is 13.7 Å². The highest BCUT2D eigenvalue weighted by atomic mass is 32.2. The molecule has 3 N–H and O–H groups in total. The van der Waals surface area contributed by atoms with Crippen molar-refractivity contribution in [1.29, 1.82) is 5.26 Å². The maximum absolute atomic E-state index is 13.2. The Bertz CT molecular complexity index is 1360. The summed E-state index contributed by atoms with van der Waals surface area (Å²) >= 11 is 0. The summed E-state index contributed by atoms with van der Waals surface area (Å²) in [5.41, 5.74) is 8.05. The molecule has 0 aliphatic heterocycles. The fraction of sp³-hybridized carbons (Fsp3) is 0.318. The van der Waals surface area contributed by atoms with E-state index in [2.05, 4.69) is 30.7 Å². The van der Waals surface area contributed by atoms with E-state index in [1.54, 1.807) is 30.5 Å². The van der Waals surface area contributed by atoms with Crippen LogP contribution in [0, 0.1) is 23.7 Å². The van der Waals surface area contributed by atoms with Crippen LogP contribution in [0.1, 0.15) is 31.2 Å². The predicted molar refractivity (Wildman–Crippen MR) is 117 cm³/mol. The summed E-state index contributed by atoms with van der Waals surface area (Å²) in [7, 11) is -3.77. The van der Waals surface area contributed by atoms with Gasteiger partial charge in [0.25, 0.3) is 0 Å². The lowest BCUT2D eigenvalue weighted by Gasteiger charge is -2.43. The number of aromatic nitrogens is 4. The first kappa shape index (κ1) is 20.5. The van der Waals surface area contributed by atoms with Crippen LogP contribution in [-0.2, 0) is 10.0 Å². The summed E-state index contributed by atoms with van der Waals surface area (Å²) in [5.74, 6) is 0.224. The van der Waals surface area contributed by atoms with Gasteiger partial charge in [-0.2, -0.15) is 5.26 Å². The van der Waals surface area contributed by atoms with Crippen molar-refractivity contribution in [2.45, 2.75) is 43.0 Å². The third-order valence-electron chi connectivity index (χ3n) is 6.44. The quantitative estimate of drug-likeness (QED) is 0.606. The summed E-state index contributed by atoms with van der Waals surface area (Å²) in [6.45, 7) is 1.88. The van der Waals surface area contributed by atoms with E-state index in [-0.39, 0.29) is 16.1 Å². The number of nitrogens with one attached hydrogen (secondary N) is 1. The van der Waals surface area contributed by atoms with Gasteiger partial charge in [-0.05, 0) is 56.4 Å². The Morgan fingerprint density at radius 3 is 2.66 bits per heavy atom. The number of rotatable bonds is 5. The third-order valence-corrected chi connectivity index (χ3v) is 8.02. The number of anilines is 1. The van der Waals surface area contributed by atoms with Crippen molar-refractivity contribution in [2.24, 2.45) is 5.41 Å². The highest BCUT2D eigenvalue weighted by Crippen LogP contribution is 2.61. The summed E-state index contributed by atoms with van der Waals surface area (Å²) in [5, 5.41) is 9.35. The molecule has 3 aliphatic carbocycles. The monoisotopic (exact) mass is 447 g/mol. The second-order valence-electron chi connectivity index (χ2n) is 8.69. The molecule has 6 rings (SSSR count). The van der Waals surface area contributed by atoms with Gasteiger partial charge in [-0.1, -0.05) is 6.07 Å². The van der Waals surface area contributed by atoms with Crippen LogP contribution in [0.5, 0.6) is 0 Å². The number of hydrogen-bond acceptors (Lipinski definition) is 8. The fourth-order valence-corrected chi connectivity index (χ4v) is 6.32. The Balaban J connectivity index is 1.50.